The van der Waals surface area contributed by atoms with Crippen molar-refractivity contribution in [3.63, 3.8) is 0 Å². The Balaban J connectivity index is 1.95. The maximum Gasteiger partial charge on any atom is 0.393 e. The molecule has 0 saturated carbocycles. The van der Waals surface area contributed by atoms with Gasteiger partial charge in [0, 0.05) is 10.8 Å². The topological polar surface area (TPSA) is 63.8 Å². The molecule has 0 atom stereocenters. The van der Waals surface area contributed by atoms with E-state index in [1.807, 2.05) is 0 Å². The van der Waals surface area contributed by atoms with E-state index >= 15 is 0 Å². The fourth-order valence-electron chi connectivity index (χ4n) is 2.56. The van der Waals surface area contributed by atoms with E-state index in [0.717, 1.165) is 37.3 Å². The molecule has 4 nitrogen and oxygen atoms in total. The standard InChI is InChI=1S/C13H15F3N4S/c14-13(15,16)6-8-5-9-10(17)19-11(20-12(9)21-8)7-1-3-18-4-2-7/h5,7,18H,1-4,6H2,(H2,17,19,20). The van der Waals surface area contributed by atoms with Crippen LogP contribution in [0.25, 0.3) is 10.2 Å². The van der Waals surface area contributed by atoms with Gasteiger partial charge in [0.25, 0.3) is 0 Å². The van der Waals surface area contributed by atoms with E-state index in [4.69, 9.17) is 5.73 Å². The van der Waals surface area contributed by atoms with Crippen LogP contribution in [0, 0.1) is 0 Å². The third-order valence-electron chi connectivity index (χ3n) is 3.57. The molecule has 21 heavy (non-hydrogen) atoms. The van der Waals surface area contributed by atoms with E-state index < -0.39 is 12.6 Å². The molecule has 0 aromatic carbocycles. The van der Waals surface area contributed by atoms with Crippen molar-refractivity contribution in [3.8, 4) is 0 Å². The molecule has 1 fully saturated rings. The highest BCUT2D eigenvalue weighted by atomic mass is 32.1. The summed E-state index contributed by atoms with van der Waals surface area (Å²) in [5, 5.41) is 3.78. The van der Waals surface area contributed by atoms with Gasteiger partial charge < -0.3 is 11.1 Å². The second kappa shape index (κ2) is 5.42. The summed E-state index contributed by atoms with van der Waals surface area (Å²) in [6.07, 6.45) is -3.32. The Hall–Kier alpha value is -1.41. The number of nitrogens with one attached hydrogen (secondary N) is 1. The van der Waals surface area contributed by atoms with Gasteiger partial charge in [-0.1, -0.05) is 0 Å². The Morgan fingerprint density at radius 2 is 2.00 bits per heavy atom. The molecule has 0 bridgehead atoms. The van der Waals surface area contributed by atoms with Crippen LogP contribution in [0.5, 0.6) is 0 Å². The molecule has 8 heteroatoms. The third-order valence-corrected chi connectivity index (χ3v) is 4.60. The molecule has 3 heterocycles. The number of hydrogen-bond donors (Lipinski definition) is 2. The van der Waals surface area contributed by atoms with Gasteiger partial charge in [-0.05, 0) is 32.0 Å². The van der Waals surface area contributed by atoms with Gasteiger partial charge in [0.1, 0.15) is 16.5 Å². The van der Waals surface area contributed by atoms with Gasteiger partial charge in [-0.15, -0.1) is 11.3 Å². The largest absolute Gasteiger partial charge is 0.393 e. The average molecular weight is 316 g/mol. The van der Waals surface area contributed by atoms with Crippen molar-refractivity contribution in [2.24, 2.45) is 0 Å². The minimum absolute atomic E-state index is 0.223. The maximum atomic E-state index is 12.5. The van der Waals surface area contributed by atoms with Crippen molar-refractivity contribution in [2.75, 3.05) is 18.8 Å². The van der Waals surface area contributed by atoms with Crippen molar-refractivity contribution >= 4 is 27.4 Å². The van der Waals surface area contributed by atoms with Crippen LogP contribution in [0.15, 0.2) is 6.07 Å². The number of thiophene rings is 1. The molecule has 1 aliphatic heterocycles. The summed E-state index contributed by atoms with van der Waals surface area (Å²) >= 11 is 1.05. The number of hydrogen-bond acceptors (Lipinski definition) is 5. The Morgan fingerprint density at radius 1 is 1.29 bits per heavy atom. The van der Waals surface area contributed by atoms with E-state index in [1.165, 1.54) is 6.07 Å². The third kappa shape index (κ3) is 3.26. The van der Waals surface area contributed by atoms with Crippen LogP contribution >= 0.6 is 11.3 Å². The van der Waals surface area contributed by atoms with Crippen LogP contribution < -0.4 is 11.1 Å². The number of alkyl halides is 3. The first kappa shape index (κ1) is 14.5. The average Bonchev–Trinajstić information content (AvgIpc) is 2.80. The monoisotopic (exact) mass is 316 g/mol. The number of anilines is 1. The highest BCUT2D eigenvalue weighted by Gasteiger charge is 2.29. The first-order valence-corrected chi connectivity index (χ1v) is 7.57. The van der Waals surface area contributed by atoms with Crippen molar-refractivity contribution < 1.29 is 13.2 Å². The number of halogens is 3. The Bertz CT molecular complexity index is 647. The minimum atomic E-state index is -4.22. The maximum absolute atomic E-state index is 12.5. The van der Waals surface area contributed by atoms with E-state index in [9.17, 15) is 13.2 Å². The predicted molar refractivity (Wildman–Crippen MR) is 76.4 cm³/mol. The molecule has 1 aliphatic rings. The lowest BCUT2D eigenvalue weighted by atomic mass is 9.97. The molecule has 3 rings (SSSR count). The lowest BCUT2D eigenvalue weighted by molar-refractivity contribution is -0.126. The number of nitrogen functional groups attached to an aromatic ring is 1. The minimum Gasteiger partial charge on any atom is -0.383 e. The summed E-state index contributed by atoms with van der Waals surface area (Å²) in [7, 11) is 0. The second-order valence-corrected chi connectivity index (χ2v) is 6.33. The van der Waals surface area contributed by atoms with Crippen LogP contribution in [0.1, 0.15) is 29.5 Å². The van der Waals surface area contributed by atoms with Gasteiger partial charge >= 0.3 is 6.18 Å². The first-order valence-electron chi connectivity index (χ1n) is 6.76. The summed E-state index contributed by atoms with van der Waals surface area (Å²) in [4.78, 5) is 9.52. The Kier molecular flexibility index (Phi) is 3.75. The first-order chi connectivity index (χ1) is 9.92. The summed E-state index contributed by atoms with van der Waals surface area (Å²) < 4.78 is 37.4. The van der Waals surface area contributed by atoms with E-state index in [-0.39, 0.29) is 16.6 Å². The zero-order chi connectivity index (χ0) is 15.0. The highest BCUT2D eigenvalue weighted by molar-refractivity contribution is 7.18. The number of nitrogens with two attached hydrogens (primary N) is 1. The van der Waals surface area contributed by atoms with E-state index in [0.29, 0.717) is 16.0 Å². The second-order valence-electron chi connectivity index (χ2n) is 5.21. The van der Waals surface area contributed by atoms with Gasteiger partial charge in [0.2, 0.25) is 0 Å². The van der Waals surface area contributed by atoms with Gasteiger partial charge in [-0.3, -0.25) is 0 Å². The summed E-state index contributed by atoms with van der Waals surface area (Å²) in [6.45, 7) is 1.80. The van der Waals surface area contributed by atoms with Gasteiger partial charge in [0.15, 0.2) is 0 Å². The summed E-state index contributed by atoms with van der Waals surface area (Å²) in [5.41, 5.74) is 5.90. The van der Waals surface area contributed by atoms with Crippen LogP contribution in [0.3, 0.4) is 0 Å². The molecular weight excluding hydrogens is 301 g/mol. The lowest BCUT2D eigenvalue weighted by Crippen LogP contribution is -2.27. The van der Waals surface area contributed by atoms with Crippen LogP contribution in [0.2, 0.25) is 0 Å². The molecule has 1 saturated heterocycles. The Morgan fingerprint density at radius 3 is 2.67 bits per heavy atom. The number of aromatic nitrogens is 2. The molecule has 2 aromatic heterocycles. The van der Waals surface area contributed by atoms with Gasteiger partial charge in [0.05, 0.1) is 11.8 Å². The lowest BCUT2D eigenvalue weighted by Gasteiger charge is -2.21. The SMILES string of the molecule is Nc1nc(C2CCNCC2)nc2sc(CC(F)(F)F)cc12. The molecule has 114 valence electrons. The predicted octanol–water partition coefficient (Wildman–Crippen LogP) is 2.85. The highest BCUT2D eigenvalue weighted by Crippen LogP contribution is 2.33. The zero-order valence-corrected chi connectivity index (χ0v) is 12.0. The number of rotatable bonds is 2. The van der Waals surface area contributed by atoms with Crippen molar-refractivity contribution in [2.45, 2.75) is 31.4 Å². The number of fused-ring (bicyclic) bond motifs is 1. The van der Waals surface area contributed by atoms with Crippen molar-refractivity contribution in [3.05, 3.63) is 16.8 Å². The van der Waals surface area contributed by atoms with Crippen molar-refractivity contribution in [1.82, 2.24) is 15.3 Å². The van der Waals surface area contributed by atoms with Crippen LogP contribution in [-0.4, -0.2) is 29.2 Å². The zero-order valence-electron chi connectivity index (χ0n) is 11.2. The molecular formula is C13H15F3N4S. The summed E-state index contributed by atoms with van der Waals surface area (Å²) in [6, 6.07) is 1.45. The molecule has 0 amide bonds. The van der Waals surface area contributed by atoms with Crippen LogP contribution in [-0.2, 0) is 6.42 Å². The Labute approximate surface area is 123 Å². The molecule has 0 spiro atoms. The number of nitrogens with zero attached hydrogens (tertiary/aromatic N) is 2. The van der Waals surface area contributed by atoms with Gasteiger partial charge in [-0.25, -0.2) is 9.97 Å². The van der Waals surface area contributed by atoms with E-state index in [1.54, 1.807) is 0 Å². The van der Waals surface area contributed by atoms with Crippen LogP contribution in [0.4, 0.5) is 19.0 Å². The normalized spacial score (nSPS) is 17.5. The molecule has 0 unspecified atom stereocenters. The quantitative estimate of drug-likeness (QED) is 0.894. The summed E-state index contributed by atoms with van der Waals surface area (Å²) in [5.74, 6) is 1.16. The van der Waals surface area contributed by atoms with E-state index in [2.05, 4.69) is 15.3 Å². The molecule has 0 aliphatic carbocycles. The number of piperidine rings is 1. The smallest absolute Gasteiger partial charge is 0.383 e. The molecule has 0 radical (unpaired) electrons. The van der Waals surface area contributed by atoms with Gasteiger partial charge in [-0.2, -0.15) is 13.2 Å². The fourth-order valence-corrected chi connectivity index (χ4v) is 3.63. The molecule has 3 N–H and O–H groups in total. The fraction of sp³-hybridized carbons (Fsp3) is 0.538. The molecule has 2 aromatic rings. The van der Waals surface area contributed by atoms with Crippen molar-refractivity contribution in [1.29, 1.82) is 0 Å².